The van der Waals surface area contributed by atoms with E-state index in [0.717, 1.165) is 24.0 Å². The number of carbonyl (C=O) groups is 1. The first-order valence-electron chi connectivity index (χ1n) is 9.38. The van der Waals surface area contributed by atoms with E-state index in [2.05, 4.69) is 27.7 Å². The molecule has 4 nitrogen and oxygen atoms in total. The first kappa shape index (κ1) is 18.5. The van der Waals surface area contributed by atoms with E-state index in [9.17, 15) is 4.79 Å². The van der Waals surface area contributed by atoms with Gasteiger partial charge in [-0.05, 0) is 62.5 Å². The molecule has 4 rings (SSSR count). The normalized spacial score (nSPS) is 16.5. The highest BCUT2D eigenvalue weighted by Gasteiger charge is 2.25. The van der Waals surface area contributed by atoms with Crippen LogP contribution in [-0.4, -0.2) is 30.4 Å². The number of nitrogens with zero attached hydrogens (tertiary/aromatic N) is 1. The summed E-state index contributed by atoms with van der Waals surface area (Å²) in [7, 11) is 0. The Morgan fingerprint density at radius 3 is 2.85 bits per heavy atom. The summed E-state index contributed by atoms with van der Waals surface area (Å²) >= 11 is 7.83. The molecule has 1 saturated heterocycles. The van der Waals surface area contributed by atoms with Crippen LogP contribution in [0.5, 0.6) is 0 Å². The summed E-state index contributed by atoms with van der Waals surface area (Å²) in [4.78, 5) is 16.6. The van der Waals surface area contributed by atoms with Crippen LogP contribution in [-0.2, 0) is 0 Å². The zero-order valence-electron chi connectivity index (χ0n) is 15.3. The number of hydrogen-bond donors (Lipinski definition) is 1. The lowest BCUT2D eigenvalue weighted by Gasteiger charge is -2.34. The third kappa shape index (κ3) is 3.91. The first-order valence-corrected chi connectivity index (χ1v) is 10.6. The molecule has 1 unspecified atom stereocenters. The highest BCUT2D eigenvalue weighted by Crippen LogP contribution is 2.29. The van der Waals surface area contributed by atoms with E-state index in [0.29, 0.717) is 22.9 Å². The van der Waals surface area contributed by atoms with Gasteiger partial charge < -0.3 is 9.73 Å². The molecule has 0 spiro atoms. The second kappa shape index (κ2) is 8.05. The van der Waals surface area contributed by atoms with Gasteiger partial charge in [0, 0.05) is 27.4 Å². The van der Waals surface area contributed by atoms with Gasteiger partial charge in [0.05, 0.1) is 6.04 Å². The molecule has 0 bridgehead atoms. The number of nitrogens with one attached hydrogen (secondary N) is 1. The Bertz CT molecular complexity index is 929. The minimum atomic E-state index is -0.168. The quantitative estimate of drug-likeness (QED) is 0.620. The van der Waals surface area contributed by atoms with Crippen LogP contribution in [0.3, 0.4) is 0 Å². The number of thiophene rings is 1. The number of benzene rings is 1. The highest BCUT2D eigenvalue weighted by atomic mass is 35.5. The first-order chi connectivity index (χ1) is 13.1. The Kier molecular flexibility index (Phi) is 5.53. The van der Waals surface area contributed by atoms with Crippen LogP contribution in [0.2, 0.25) is 5.02 Å². The van der Waals surface area contributed by atoms with Gasteiger partial charge in [-0.2, -0.15) is 0 Å². The highest BCUT2D eigenvalue weighted by molar-refractivity contribution is 7.10. The van der Waals surface area contributed by atoms with Crippen molar-refractivity contribution < 1.29 is 9.21 Å². The number of amides is 1. The maximum Gasteiger partial charge on any atom is 0.287 e. The molecule has 1 fully saturated rings. The van der Waals surface area contributed by atoms with Crippen molar-refractivity contribution in [3.05, 3.63) is 56.9 Å². The van der Waals surface area contributed by atoms with Crippen molar-refractivity contribution in [2.75, 3.05) is 19.6 Å². The summed E-state index contributed by atoms with van der Waals surface area (Å²) < 4.78 is 5.80. The topological polar surface area (TPSA) is 45.5 Å². The van der Waals surface area contributed by atoms with Crippen molar-refractivity contribution in [3.8, 4) is 0 Å². The molecule has 1 N–H and O–H groups in total. The predicted octanol–water partition coefficient (Wildman–Crippen LogP) is 5.41. The monoisotopic (exact) mass is 402 g/mol. The van der Waals surface area contributed by atoms with Gasteiger partial charge in [0.2, 0.25) is 0 Å². The zero-order valence-corrected chi connectivity index (χ0v) is 16.9. The summed E-state index contributed by atoms with van der Waals surface area (Å²) in [6, 6.07) is 9.88. The molecule has 1 aliphatic rings. The van der Waals surface area contributed by atoms with Gasteiger partial charge in [-0.1, -0.05) is 24.1 Å². The van der Waals surface area contributed by atoms with Crippen molar-refractivity contribution in [1.82, 2.24) is 10.2 Å². The molecule has 3 heterocycles. The van der Waals surface area contributed by atoms with E-state index in [1.165, 1.54) is 24.1 Å². The van der Waals surface area contributed by atoms with E-state index in [-0.39, 0.29) is 11.9 Å². The van der Waals surface area contributed by atoms with Gasteiger partial charge in [0.1, 0.15) is 5.58 Å². The van der Waals surface area contributed by atoms with Crippen molar-refractivity contribution in [1.29, 1.82) is 0 Å². The molecule has 1 atom stereocenters. The molecule has 0 aliphatic carbocycles. The van der Waals surface area contributed by atoms with Crippen molar-refractivity contribution in [3.63, 3.8) is 0 Å². The van der Waals surface area contributed by atoms with Crippen molar-refractivity contribution in [2.45, 2.75) is 32.2 Å². The molecule has 0 saturated carbocycles. The van der Waals surface area contributed by atoms with Crippen molar-refractivity contribution >= 4 is 39.8 Å². The SMILES string of the molecule is Cc1c(C(=O)NCC(c2cccs2)N2CCCCC2)oc2ccc(Cl)cc12. The summed E-state index contributed by atoms with van der Waals surface area (Å²) in [6.07, 6.45) is 3.74. The van der Waals surface area contributed by atoms with E-state index >= 15 is 0 Å². The molecule has 1 amide bonds. The van der Waals surface area contributed by atoms with Gasteiger partial charge in [-0.15, -0.1) is 11.3 Å². The maximum atomic E-state index is 12.8. The number of fused-ring (bicyclic) bond motifs is 1. The molecule has 142 valence electrons. The van der Waals surface area contributed by atoms with Crippen LogP contribution in [0, 0.1) is 6.92 Å². The second-order valence-corrected chi connectivity index (χ2v) is 8.45. The maximum absolute atomic E-state index is 12.8. The zero-order chi connectivity index (χ0) is 18.8. The average molecular weight is 403 g/mol. The molecule has 2 aromatic heterocycles. The van der Waals surface area contributed by atoms with E-state index < -0.39 is 0 Å². The van der Waals surface area contributed by atoms with Gasteiger partial charge in [-0.25, -0.2) is 0 Å². The molecule has 3 aromatic rings. The third-order valence-electron chi connectivity index (χ3n) is 5.26. The van der Waals surface area contributed by atoms with E-state index in [4.69, 9.17) is 16.0 Å². The van der Waals surface area contributed by atoms with Gasteiger partial charge in [0.25, 0.3) is 5.91 Å². The number of aryl methyl sites for hydroxylation is 1. The summed E-state index contributed by atoms with van der Waals surface area (Å²) in [5, 5.41) is 6.73. The fraction of sp³-hybridized carbons (Fsp3) is 0.381. The number of halogens is 1. The standard InChI is InChI=1S/C21H23ClN2O2S/c1-14-16-12-15(22)7-8-18(16)26-20(14)21(25)23-13-17(19-6-5-11-27-19)24-9-3-2-4-10-24/h5-8,11-12,17H,2-4,9-10,13H2,1H3,(H,23,25). The lowest BCUT2D eigenvalue weighted by Crippen LogP contribution is -2.40. The molecule has 6 heteroatoms. The van der Waals surface area contributed by atoms with Crippen LogP contribution in [0.1, 0.15) is 46.3 Å². The lowest BCUT2D eigenvalue weighted by atomic mass is 10.1. The molecule has 0 radical (unpaired) electrons. The minimum absolute atomic E-state index is 0.168. The Labute approximate surface area is 168 Å². The smallest absolute Gasteiger partial charge is 0.287 e. The molecular formula is C21H23ClN2O2S. The van der Waals surface area contributed by atoms with Crippen molar-refractivity contribution in [2.24, 2.45) is 0 Å². The Hall–Kier alpha value is -1.82. The molecular weight excluding hydrogens is 380 g/mol. The number of likely N-dealkylation sites (tertiary alicyclic amines) is 1. The van der Waals surface area contributed by atoms with Gasteiger partial charge >= 0.3 is 0 Å². The fourth-order valence-corrected chi connectivity index (χ4v) is 4.83. The number of rotatable bonds is 5. The van der Waals surface area contributed by atoms with Crippen LogP contribution in [0.15, 0.2) is 40.1 Å². The largest absolute Gasteiger partial charge is 0.451 e. The van der Waals surface area contributed by atoms with Crippen LogP contribution >= 0.6 is 22.9 Å². The number of carbonyl (C=O) groups excluding carboxylic acids is 1. The Morgan fingerprint density at radius 2 is 2.11 bits per heavy atom. The Morgan fingerprint density at radius 1 is 1.30 bits per heavy atom. The lowest BCUT2D eigenvalue weighted by molar-refractivity contribution is 0.0899. The Balaban J connectivity index is 1.52. The van der Waals surface area contributed by atoms with Crippen LogP contribution < -0.4 is 5.32 Å². The van der Waals surface area contributed by atoms with Crippen LogP contribution in [0.25, 0.3) is 11.0 Å². The predicted molar refractivity (Wildman–Crippen MR) is 111 cm³/mol. The van der Waals surface area contributed by atoms with Gasteiger partial charge in [0.15, 0.2) is 5.76 Å². The van der Waals surface area contributed by atoms with Crippen LogP contribution in [0.4, 0.5) is 0 Å². The third-order valence-corrected chi connectivity index (χ3v) is 6.47. The average Bonchev–Trinajstić information content (AvgIpc) is 3.32. The minimum Gasteiger partial charge on any atom is -0.451 e. The summed E-state index contributed by atoms with van der Waals surface area (Å²) in [5.41, 5.74) is 1.52. The fourth-order valence-electron chi connectivity index (χ4n) is 3.80. The number of furan rings is 1. The summed E-state index contributed by atoms with van der Waals surface area (Å²) in [5.74, 6) is 0.203. The summed E-state index contributed by atoms with van der Waals surface area (Å²) in [6.45, 7) is 4.65. The molecule has 1 aromatic carbocycles. The second-order valence-electron chi connectivity index (χ2n) is 7.03. The van der Waals surface area contributed by atoms with E-state index in [1.54, 1.807) is 17.4 Å². The molecule has 27 heavy (non-hydrogen) atoms. The number of hydrogen-bond acceptors (Lipinski definition) is 4. The van der Waals surface area contributed by atoms with E-state index in [1.807, 2.05) is 19.1 Å². The van der Waals surface area contributed by atoms with Gasteiger partial charge in [-0.3, -0.25) is 9.69 Å². The number of piperidine rings is 1. The molecule has 1 aliphatic heterocycles.